The summed E-state index contributed by atoms with van der Waals surface area (Å²) < 4.78 is 0. The highest BCUT2D eigenvalue weighted by Crippen LogP contribution is 2.45. The van der Waals surface area contributed by atoms with Crippen molar-refractivity contribution in [1.82, 2.24) is 25.2 Å². The van der Waals surface area contributed by atoms with Crippen LogP contribution in [0.1, 0.15) is 38.3 Å². The second-order valence-corrected chi connectivity index (χ2v) is 8.52. The van der Waals surface area contributed by atoms with Gasteiger partial charge in [0.05, 0.1) is 12.1 Å². The summed E-state index contributed by atoms with van der Waals surface area (Å²) in [6, 6.07) is 2.02. The van der Waals surface area contributed by atoms with Crippen LogP contribution in [0.3, 0.4) is 0 Å². The molecule has 0 aromatic carbocycles. The molecule has 1 saturated heterocycles. The molecule has 2 fully saturated rings. The number of rotatable bonds is 7. The number of hydrogen-bond donors (Lipinski definition) is 3. The van der Waals surface area contributed by atoms with Crippen LogP contribution < -0.4 is 10.6 Å². The van der Waals surface area contributed by atoms with Crippen LogP contribution in [-0.4, -0.2) is 58.5 Å². The number of nitrogens with one attached hydrogen (secondary N) is 3. The van der Waals surface area contributed by atoms with Gasteiger partial charge in [0.2, 0.25) is 5.91 Å². The number of aromatic amines is 1. The summed E-state index contributed by atoms with van der Waals surface area (Å²) in [7, 11) is 0. The molecule has 2 aromatic heterocycles. The van der Waals surface area contributed by atoms with Crippen molar-refractivity contribution in [2.75, 3.05) is 38.0 Å². The minimum Gasteiger partial charge on any atom is -0.368 e. The van der Waals surface area contributed by atoms with Crippen molar-refractivity contribution in [3.05, 3.63) is 18.1 Å². The minimum absolute atomic E-state index is 0.153. The number of aryl methyl sites for hydroxylation is 1. The average Bonchev–Trinajstić information content (AvgIpc) is 3.32. The van der Waals surface area contributed by atoms with E-state index in [0.29, 0.717) is 6.54 Å². The third kappa shape index (κ3) is 4.40. The largest absolute Gasteiger partial charge is 0.368 e. The Bertz CT molecular complexity index is 804. The maximum Gasteiger partial charge on any atom is 0.234 e. The number of carbonyl (C=O) groups is 1. The summed E-state index contributed by atoms with van der Waals surface area (Å²) in [5.74, 6) is 1.79. The molecular formula is C20H30N6O. The highest BCUT2D eigenvalue weighted by molar-refractivity contribution is 5.86. The SMILES string of the molecule is Cc1cc2ncnc(NCC3(CNC(=O)CN4CCC(C)CC4)CC3)c2[nH]1. The molecule has 0 spiro atoms. The third-order valence-corrected chi connectivity index (χ3v) is 6.04. The predicted molar refractivity (Wildman–Crippen MR) is 107 cm³/mol. The van der Waals surface area contributed by atoms with Crippen molar-refractivity contribution in [1.29, 1.82) is 0 Å². The lowest BCUT2D eigenvalue weighted by molar-refractivity contribution is -0.122. The summed E-state index contributed by atoms with van der Waals surface area (Å²) in [6.45, 7) is 8.49. The Hall–Kier alpha value is -2.15. The molecule has 4 rings (SSSR count). The van der Waals surface area contributed by atoms with Gasteiger partial charge in [-0.15, -0.1) is 0 Å². The molecule has 3 heterocycles. The summed E-state index contributed by atoms with van der Waals surface area (Å²) in [5.41, 5.74) is 3.12. The Morgan fingerprint density at radius 2 is 2.07 bits per heavy atom. The van der Waals surface area contributed by atoms with Gasteiger partial charge in [0.25, 0.3) is 0 Å². The van der Waals surface area contributed by atoms with Crippen LogP contribution >= 0.6 is 0 Å². The molecule has 0 unspecified atom stereocenters. The number of aromatic nitrogens is 3. The molecule has 27 heavy (non-hydrogen) atoms. The van der Waals surface area contributed by atoms with E-state index in [1.54, 1.807) is 6.33 Å². The first-order chi connectivity index (χ1) is 13.0. The number of fused-ring (bicyclic) bond motifs is 1. The fourth-order valence-electron chi connectivity index (χ4n) is 3.83. The predicted octanol–water partition coefficient (Wildman–Crippen LogP) is 2.31. The van der Waals surface area contributed by atoms with Crippen molar-refractivity contribution in [2.45, 2.75) is 39.5 Å². The van der Waals surface area contributed by atoms with Gasteiger partial charge in [0.15, 0.2) is 5.82 Å². The highest BCUT2D eigenvalue weighted by atomic mass is 16.2. The number of anilines is 1. The van der Waals surface area contributed by atoms with Crippen molar-refractivity contribution < 1.29 is 4.79 Å². The molecule has 2 aromatic rings. The fraction of sp³-hybridized carbons (Fsp3) is 0.650. The maximum absolute atomic E-state index is 12.3. The number of nitrogens with zero attached hydrogens (tertiary/aromatic N) is 3. The van der Waals surface area contributed by atoms with Crippen molar-refractivity contribution in [3.8, 4) is 0 Å². The van der Waals surface area contributed by atoms with Crippen LogP contribution in [0.4, 0.5) is 5.82 Å². The van der Waals surface area contributed by atoms with Crippen LogP contribution in [0.15, 0.2) is 12.4 Å². The standard InChI is InChI=1S/C20H30N6O/c1-14-3-7-26(8-4-14)10-17(27)21-11-20(5-6-20)12-22-19-18-16(23-13-24-19)9-15(2)25-18/h9,13-14,25H,3-8,10-12H2,1-2H3,(H,21,27)(H,22,23,24). The Morgan fingerprint density at radius 1 is 1.30 bits per heavy atom. The molecule has 1 saturated carbocycles. The van der Waals surface area contributed by atoms with Gasteiger partial charge in [0, 0.05) is 24.2 Å². The summed E-state index contributed by atoms with van der Waals surface area (Å²) >= 11 is 0. The summed E-state index contributed by atoms with van der Waals surface area (Å²) in [4.78, 5) is 26.6. The maximum atomic E-state index is 12.3. The smallest absolute Gasteiger partial charge is 0.234 e. The number of piperidine rings is 1. The average molecular weight is 371 g/mol. The second-order valence-electron chi connectivity index (χ2n) is 8.52. The van der Waals surface area contributed by atoms with Crippen molar-refractivity contribution in [3.63, 3.8) is 0 Å². The quantitative estimate of drug-likeness (QED) is 0.696. The van der Waals surface area contributed by atoms with E-state index in [1.807, 2.05) is 13.0 Å². The zero-order valence-corrected chi connectivity index (χ0v) is 16.3. The number of hydrogen-bond acceptors (Lipinski definition) is 5. The lowest BCUT2D eigenvalue weighted by atomic mass is 9.99. The summed E-state index contributed by atoms with van der Waals surface area (Å²) in [5, 5.41) is 6.63. The molecule has 1 aliphatic carbocycles. The van der Waals surface area contributed by atoms with Crippen LogP contribution in [0.5, 0.6) is 0 Å². The van der Waals surface area contributed by atoms with Crippen LogP contribution in [0.2, 0.25) is 0 Å². The summed E-state index contributed by atoms with van der Waals surface area (Å²) in [6.07, 6.45) is 6.28. The lowest BCUT2D eigenvalue weighted by Gasteiger charge is -2.29. The van der Waals surface area contributed by atoms with Gasteiger partial charge >= 0.3 is 0 Å². The van der Waals surface area contributed by atoms with E-state index in [9.17, 15) is 4.79 Å². The highest BCUT2D eigenvalue weighted by Gasteiger charge is 2.42. The molecule has 1 amide bonds. The first kappa shape index (κ1) is 18.2. The van der Waals surface area contributed by atoms with Crippen molar-refractivity contribution in [2.24, 2.45) is 11.3 Å². The van der Waals surface area contributed by atoms with Gasteiger partial charge in [-0.1, -0.05) is 6.92 Å². The first-order valence-corrected chi connectivity index (χ1v) is 10.1. The van der Waals surface area contributed by atoms with Gasteiger partial charge in [-0.25, -0.2) is 9.97 Å². The Morgan fingerprint density at radius 3 is 2.81 bits per heavy atom. The first-order valence-electron chi connectivity index (χ1n) is 10.1. The lowest BCUT2D eigenvalue weighted by Crippen LogP contribution is -2.43. The van der Waals surface area contributed by atoms with Crippen molar-refractivity contribution >= 4 is 22.8 Å². The van der Waals surface area contributed by atoms with Gasteiger partial charge in [0.1, 0.15) is 11.8 Å². The van der Waals surface area contributed by atoms with Gasteiger partial charge < -0.3 is 15.6 Å². The van der Waals surface area contributed by atoms with Gasteiger partial charge in [-0.3, -0.25) is 9.69 Å². The molecule has 1 aliphatic heterocycles. The van der Waals surface area contributed by atoms with Crippen LogP contribution in [0.25, 0.3) is 11.0 Å². The second kappa shape index (κ2) is 7.46. The monoisotopic (exact) mass is 370 g/mol. The minimum atomic E-state index is 0.153. The zero-order valence-electron chi connectivity index (χ0n) is 16.3. The topological polar surface area (TPSA) is 85.9 Å². The number of amides is 1. The van der Waals surface area contributed by atoms with Crippen LogP contribution in [0, 0.1) is 18.3 Å². The fourth-order valence-corrected chi connectivity index (χ4v) is 3.83. The third-order valence-electron chi connectivity index (χ3n) is 6.04. The Balaban J connectivity index is 1.26. The van der Waals surface area contributed by atoms with E-state index in [2.05, 4.69) is 37.4 Å². The zero-order chi connectivity index (χ0) is 18.9. The molecule has 2 aliphatic rings. The number of carbonyl (C=O) groups excluding carboxylic acids is 1. The van der Waals surface area contributed by atoms with E-state index < -0.39 is 0 Å². The van der Waals surface area contributed by atoms with E-state index in [0.717, 1.165) is 67.5 Å². The molecule has 0 atom stereocenters. The number of likely N-dealkylation sites (tertiary alicyclic amines) is 1. The van der Waals surface area contributed by atoms with Gasteiger partial charge in [-0.2, -0.15) is 0 Å². The normalized spacial score (nSPS) is 19.9. The van der Waals surface area contributed by atoms with E-state index in [-0.39, 0.29) is 11.3 Å². The Labute approximate surface area is 160 Å². The van der Waals surface area contributed by atoms with E-state index >= 15 is 0 Å². The molecular weight excluding hydrogens is 340 g/mol. The number of H-pyrrole nitrogens is 1. The molecule has 146 valence electrons. The van der Waals surface area contributed by atoms with E-state index in [1.165, 1.54) is 12.8 Å². The molecule has 3 N–H and O–H groups in total. The molecule has 0 radical (unpaired) electrons. The Kier molecular flexibility index (Phi) is 5.04. The molecule has 7 heteroatoms. The van der Waals surface area contributed by atoms with Crippen LogP contribution in [-0.2, 0) is 4.79 Å². The molecule has 7 nitrogen and oxygen atoms in total. The van der Waals surface area contributed by atoms with E-state index in [4.69, 9.17) is 0 Å². The molecule has 0 bridgehead atoms. The van der Waals surface area contributed by atoms with Gasteiger partial charge in [-0.05, 0) is 57.7 Å².